The molecule has 0 radical (unpaired) electrons. The van der Waals surface area contributed by atoms with Crippen LogP contribution in [0.15, 0.2) is 42.5 Å². The third-order valence-electron chi connectivity index (χ3n) is 4.60. The lowest BCUT2D eigenvalue weighted by atomic mass is 9.79. The third-order valence-corrected chi connectivity index (χ3v) is 4.60. The lowest BCUT2D eigenvalue weighted by molar-refractivity contribution is 0.00578. The Morgan fingerprint density at radius 1 is 0.957 bits per heavy atom. The number of nitriles is 1. The van der Waals surface area contributed by atoms with Gasteiger partial charge in [-0.1, -0.05) is 30.3 Å². The maximum atomic E-state index is 8.95. The van der Waals surface area contributed by atoms with Gasteiger partial charge < -0.3 is 9.31 Å². The summed E-state index contributed by atoms with van der Waals surface area (Å²) >= 11 is 0. The standard InChI is InChI=1S/C18H19BN2O2/c1-17(2)18(3,4)23-19(22-17)14-10-8-13(9-11-14)16-7-5-6-15(12-20)21-16/h5-11H,1-4H3. The molecule has 0 saturated carbocycles. The summed E-state index contributed by atoms with van der Waals surface area (Å²) in [6, 6.07) is 15.4. The van der Waals surface area contributed by atoms with Gasteiger partial charge in [0.1, 0.15) is 11.8 Å². The van der Waals surface area contributed by atoms with Crippen molar-refractivity contribution in [3.8, 4) is 17.3 Å². The lowest BCUT2D eigenvalue weighted by Crippen LogP contribution is -2.41. The fourth-order valence-electron chi connectivity index (χ4n) is 2.45. The van der Waals surface area contributed by atoms with Crippen molar-refractivity contribution < 1.29 is 9.31 Å². The van der Waals surface area contributed by atoms with Crippen LogP contribution in [0.1, 0.15) is 33.4 Å². The number of nitrogens with zero attached hydrogens (tertiary/aromatic N) is 2. The van der Waals surface area contributed by atoms with Crippen LogP contribution in [0.3, 0.4) is 0 Å². The van der Waals surface area contributed by atoms with Gasteiger partial charge in [-0.15, -0.1) is 0 Å². The maximum absolute atomic E-state index is 8.95. The third kappa shape index (κ3) is 2.88. The molecule has 1 aromatic carbocycles. The van der Waals surface area contributed by atoms with E-state index >= 15 is 0 Å². The van der Waals surface area contributed by atoms with E-state index in [1.165, 1.54) is 0 Å². The number of hydrogen-bond donors (Lipinski definition) is 0. The minimum atomic E-state index is -0.368. The summed E-state index contributed by atoms with van der Waals surface area (Å²) in [6.45, 7) is 8.16. The van der Waals surface area contributed by atoms with E-state index < -0.39 is 0 Å². The van der Waals surface area contributed by atoms with Crippen molar-refractivity contribution in [2.75, 3.05) is 0 Å². The lowest BCUT2D eigenvalue weighted by Gasteiger charge is -2.32. The van der Waals surface area contributed by atoms with E-state index in [1.54, 1.807) is 6.07 Å². The average Bonchev–Trinajstić information content (AvgIpc) is 2.76. The van der Waals surface area contributed by atoms with E-state index in [4.69, 9.17) is 14.6 Å². The Balaban J connectivity index is 1.85. The summed E-state index contributed by atoms with van der Waals surface area (Å²) in [5.74, 6) is 0. The number of rotatable bonds is 2. The summed E-state index contributed by atoms with van der Waals surface area (Å²) in [6.07, 6.45) is 0. The molecular formula is C18H19BN2O2. The zero-order valence-corrected chi connectivity index (χ0v) is 13.8. The summed E-state index contributed by atoms with van der Waals surface area (Å²) in [7, 11) is -0.368. The first-order chi connectivity index (χ1) is 10.8. The van der Waals surface area contributed by atoms with Crippen LogP contribution in [-0.2, 0) is 9.31 Å². The van der Waals surface area contributed by atoms with Crippen LogP contribution in [-0.4, -0.2) is 23.3 Å². The largest absolute Gasteiger partial charge is 0.494 e. The Kier molecular flexibility index (Phi) is 3.75. The molecule has 5 heteroatoms. The van der Waals surface area contributed by atoms with E-state index in [1.807, 2.05) is 64.1 Å². The van der Waals surface area contributed by atoms with Crippen molar-refractivity contribution in [3.63, 3.8) is 0 Å². The Morgan fingerprint density at radius 2 is 1.57 bits per heavy atom. The maximum Gasteiger partial charge on any atom is 0.494 e. The Morgan fingerprint density at radius 3 is 2.13 bits per heavy atom. The molecule has 23 heavy (non-hydrogen) atoms. The SMILES string of the molecule is CC1(C)OB(c2ccc(-c3cccc(C#N)n3)cc2)OC1(C)C. The molecule has 1 aliphatic heterocycles. The second kappa shape index (κ2) is 5.49. The highest BCUT2D eigenvalue weighted by Crippen LogP contribution is 2.36. The van der Waals surface area contributed by atoms with Gasteiger partial charge in [-0.25, -0.2) is 4.98 Å². The molecule has 1 aliphatic rings. The van der Waals surface area contributed by atoms with Gasteiger partial charge in [-0.2, -0.15) is 5.26 Å². The molecule has 4 nitrogen and oxygen atoms in total. The molecule has 0 N–H and O–H groups in total. The van der Waals surface area contributed by atoms with Gasteiger partial charge in [0.05, 0.1) is 16.9 Å². The van der Waals surface area contributed by atoms with Crippen molar-refractivity contribution in [3.05, 3.63) is 48.2 Å². The summed E-state index contributed by atoms with van der Waals surface area (Å²) in [4.78, 5) is 4.31. The molecule has 1 aromatic heterocycles. The molecule has 2 heterocycles. The summed E-state index contributed by atoms with van der Waals surface area (Å²) in [5, 5.41) is 8.95. The van der Waals surface area contributed by atoms with E-state index in [0.29, 0.717) is 5.69 Å². The molecule has 116 valence electrons. The first-order valence-electron chi connectivity index (χ1n) is 7.65. The normalized spacial score (nSPS) is 18.7. The van der Waals surface area contributed by atoms with E-state index in [-0.39, 0.29) is 18.3 Å². The minimum absolute atomic E-state index is 0.348. The van der Waals surface area contributed by atoms with Gasteiger partial charge in [0, 0.05) is 5.56 Å². The van der Waals surface area contributed by atoms with Gasteiger partial charge in [-0.05, 0) is 45.3 Å². The quantitative estimate of drug-likeness (QED) is 0.801. The zero-order valence-electron chi connectivity index (χ0n) is 13.8. The predicted octanol–water partition coefficient (Wildman–Crippen LogP) is 2.92. The van der Waals surface area contributed by atoms with Gasteiger partial charge in [-0.3, -0.25) is 0 Å². The van der Waals surface area contributed by atoms with E-state index in [0.717, 1.165) is 16.7 Å². The molecule has 0 bridgehead atoms. The molecule has 3 rings (SSSR count). The van der Waals surface area contributed by atoms with Crippen LogP contribution < -0.4 is 5.46 Å². The van der Waals surface area contributed by atoms with Crippen molar-refractivity contribution in [1.29, 1.82) is 5.26 Å². The highest BCUT2D eigenvalue weighted by atomic mass is 16.7. The minimum Gasteiger partial charge on any atom is -0.399 e. The van der Waals surface area contributed by atoms with Crippen LogP contribution in [0.2, 0.25) is 0 Å². The number of benzene rings is 1. The Bertz CT molecular complexity index is 747. The van der Waals surface area contributed by atoms with Crippen LogP contribution in [0, 0.1) is 11.3 Å². The van der Waals surface area contributed by atoms with Crippen molar-refractivity contribution in [2.24, 2.45) is 0 Å². The first kappa shape index (κ1) is 15.7. The smallest absolute Gasteiger partial charge is 0.399 e. The number of pyridine rings is 1. The van der Waals surface area contributed by atoms with Crippen molar-refractivity contribution in [1.82, 2.24) is 4.98 Å². The topological polar surface area (TPSA) is 55.1 Å². The predicted molar refractivity (Wildman–Crippen MR) is 90.1 cm³/mol. The first-order valence-corrected chi connectivity index (χ1v) is 7.65. The Hall–Kier alpha value is -2.16. The van der Waals surface area contributed by atoms with E-state index in [2.05, 4.69) is 11.1 Å². The average molecular weight is 306 g/mol. The molecule has 1 fully saturated rings. The van der Waals surface area contributed by atoms with Gasteiger partial charge in [0.2, 0.25) is 0 Å². The summed E-state index contributed by atoms with van der Waals surface area (Å²) in [5.41, 5.74) is 2.44. The number of hydrogen-bond acceptors (Lipinski definition) is 4. The van der Waals surface area contributed by atoms with Crippen molar-refractivity contribution in [2.45, 2.75) is 38.9 Å². The second-order valence-corrected chi connectivity index (χ2v) is 6.73. The second-order valence-electron chi connectivity index (χ2n) is 6.73. The molecule has 0 amide bonds. The number of aromatic nitrogens is 1. The van der Waals surface area contributed by atoms with Gasteiger partial charge in [0.25, 0.3) is 0 Å². The molecule has 0 aliphatic carbocycles. The zero-order chi connectivity index (χ0) is 16.7. The molecule has 2 aromatic rings. The highest BCUT2D eigenvalue weighted by Gasteiger charge is 2.51. The van der Waals surface area contributed by atoms with Crippen LogP contribution in [0.25, 0.3) is 11.3 Å². The Labute approximate surface area is 137 Å². The highest BCUT2D eigenvalue weighted by molar-refractivity contribution is 6.62. The van der Waals surface area contributed by atoms with E-state index in [9.17, 15) is 0 Å². The fraction of sp³-hybridized carbons (Fsp3) is 0.333. The van der Waals surface area contributed by atoms with Crippen LogP contribution >= 0.6 is 0 Å². The molecule has 0 spiro atoms. The van der Waals surface area contributed by atoms with Gasteiger partial charge >= 0.3 is 7.12 Å². The molecule has 0 atom stereocenters. The van der Waals surface area contributed by atoms with Crippen LogP contribution in [0.5, 0.6) is 0 Å². The molecule has 1 saturated heterocycles. The fourth-order valence-corrected chi connectivity index (χ4v) is 2.45. The molecular weight excluding hydrogens is 287 g/mol. The summed E-state index contributed by atoms with van der Waals surface area (Å²) < 4.78 is 12.1. The van der Waals surface area contributed by atoms with Gasteiger partial charge in [0.15, 0.2) is 0 Å². The molecule has 0 unspecified atom stereocenters. The van der Waals surface area contributed by atoms with Crippen LogP contribution in [0.4, 0.5) is 0 Å². The van der Waals surface area contributed by atoms with Crippen molar-refractivity contribution >= 4 is 12.6 Å². The monoisotopic (exact) mass is 306 g/mol.